The van der Waals surface area contributed by atoms with E-state index in [-0.39, 0.29) is 22.7 Å². The lowest BCUT2D eigenvalue weighted by Gasteiger charge is -2.19. The Balaban J connectivity index is 1.82. The van der Waals surface area contributed by atoms with Crippen LogP contribution in [-0.4, -0.2) is 34.7 Å². The van der Waals surface area contributed by atoms with Crippen LogP contribution in [0.3, 0.4) is 0 Å². The molecule has 1 aromatic heterocycles. The van der Waals surface area contributed by atoms with Crippen LogP contribution in [0.5, 0.6) is 0 Å². The van der Waals surface area contributed by atoms with Gasteiger partial charge in [0.2, 0.25) is 0 Å². The molecule has 2 heterocycles. The number of H-pyrrole nitrogens is 1. The summed E-state index contributed by atoms with van der Waals surface area (Å²) in [7, 11) is 0. The highest BCUT2D eigenvalue weighted by Gasteiger charge is 2.22. The first-order valence-corrected chi connectivity index (χ1v) is 8.07. The monoisotopic (exact) mass is 324 g/mol. The van der Waals surface area contributed by atoms with E-state index in [1.54, 1.807) is 18.7 Å². The zero-order valence-corrected chi connectivity index (χ0v) is 13.9. The maximum absolute atomic E-state index is 12.7. The van der Waals surface area contributed by atoms with Crippen LogP contribution in [0, 0.1) is 6.92 Å². The third-order valence-corrected chi connectivity index (χ3v) is 4.49. The van der Waals surface area contributed by atoms with Crippen molar-refractivity contribution in [1.29, 1.82) is 0 Å². The number of pyridine rings is 1. The molecule has 1 N–H and O–H groups in total. The molecule has 0 unspecified atom stereocenters. The van der Waals surface area contributed by atoms with Gasteiger partial charge < -0.3 is 9.88 Å². The van der Waals surface area contributed by atoms with Crippen molar-refractivity contribution >= 4 is 11.7 Å². The number of rotatable bonds is 2. The second-order valence-electron chi connectivity index (χ2n) is 6.23. The maximum atomic E-state index is 12.7. The fourth-order valence-corrected chi connectivity index (χ4v) is 3.06. The van der Waals surface area contributed by atoms with Gasteiger partial charge in [0, 0.05) is 36.6 Å². The maximum Gasteiger partial charge on any atom is 0.259 e. The Morgan fingerprint density at radius 3 is 2.46 bits per heavy atom. The molecule has 5 nitrogen and oxygen atoms in total. The van der Waals surface area contributed by atoms with Gasteiger partial charge in [-0.25, -0.2) is 0 Å². The van der Waals surface area contributed by atoms with Crippen molar-refractivity contribution in [2.24, 2.45) is 0 Å². The molecule has 1 aliphatic heterocycles. The predicted octanol–water partition coefficient (Wildman–Crippen LogP) is 2.13. The Kier molecular flexibility index (Phi) is 4.34. The van der Waals surface area contributed by atoms with Gasteiger partial charge in [-0.15, -0.1) is 0 Å². The van der Waals surface area contributed by atoms with E-state index in [1.807, 2.05) is 18.2 Å². The SMILES string of the molecule is CC(=O)c1ccc2c(c1)CCN(C(=O)c1c[nH]c(C)cc1=O)CC2. The molecule has 0 spiro atoms. The number of nitrogens with one attached hydrogen (secondary N) is 1. The van der Waals surface area contributed by atoms with Crippen molar-refractivity contribution < 1.29 is 9.59 Å². The largest absolute Gasteiger partial charge is 0.364 e. The number of aromatic nitrogens is 1. The van der Waals surface area contributed by atoms with Gasteiger partial charge in [-0.1, -0.05) is 12.1 Å². The summed E-state index contributed by atoms with van der Waals surface area (Å²) in [5.41, 5.74) is 3.62. The van der Waals surface area contributed by atoms with E-state index < -0.39 is 0 Å². The number of benzene rings is 1. The highest BCUT2D eigenvalue weighted by molar-refractivity contribution is 5.95. The van der Waals surface area contributed by atoms with Gasteiger partial charge >= 0.3 is 0 Å². The summed E-state index contributed by atoms with van der Waals surface area (Å²) >= 11 is 0. The van der Waals surface area contributed by atoms with Gasteiger partial charge in [0.1, 0.15) is 5.56 Å². The van der Waals surface area contributed by atoms with Crippen LogP contribution in [0.4, 0.5) is 0 Å². The molecule has 0 saturated heterocycles. The molecule has 1 aliphatic rings. The van der Waals surface area contributed by atoms with E-state index in [0.29, 0.717) is 25.1 Å². The average Bonchev–Trinajstić information content (AvgIpc) is 2.76. The zero-order chi connectivity index (χ0) is 17.3. The second-order valence-corrected chi connectivity index (χ2v) is 6.23. The van der Waals surface area contributed by atoms with E-state index in [4.69, 9.17) is 0 Å². The third-order valence-electron chi connectivity index (χ3n) is 4.49. The van der Waals surface area contributed by atoms with Crippen LogP contribution in [-0.2, 0) is 12.8 Å². The number of ketones is 1. The number of aryl methyl sites for hydroxylation is 1. The molecule has 2 aromatic rings. The molecule has 0 fully saturated rings. The molecule has 3 rings (SSSR count). The Morgan fingerprint density at radius 2 is 1.79 bits per heavy atom. The van der Waals surface area contributed by atoms with Gasteiger partial charge in [0.15, 0.2) is 11.2 Å². The fraction of sp³-hybridized carbons (Fsp3) is 0.316. The van der Waals surface area contributed by atoms with E-state index in [0.717, 1.165) is 23.2 Å². The number of hydrogen-bond acceptors (Lipinski definition) is 3. The Bertz CT molecular complexity index is 867. The number of hydrogen-bond donors (Lipinski definition) is 1. The molecule has 24 heavy (non-hydrogen) atoms. The standard InChI is InChI=1S/C19H20N2O3/c1-12-9-18(23)17(11-20-12)19(24)21-7-5-14-3-4-15(13(2)22)10-16(14)6-8-21/h3-4,9-11H,5-8H2,1-2H3,(H,20,23). The minimum Gasteiger partial charge on any atom is -0.364 e. The lowest BCUT2D eigenvalue weighted by Crippen LogP contribution is -2.36. The first-order valence-electron chi connectivity index (χ1n) is 8.07. The molecule has 0 radical (unpaired) electrons. The summed E-state index contributed by atoms with van der Waals surface area (Å²) in [5, 5.41) is 0. The van der Waals surface area contributed by atoms with Crippen molar-refractivity contribution in [3.8, 4) is 0 Å². The smallest absolute Gasteiger partial charge is 0.259 e. The van der Waals surface area contributed by atoms with Crippen molar-refractivity contribution in [2.45, 2.75) is 26.7 Å². The summed E-state index contributed by atoms with van der Waals surface area (Å²) in [6, 6.07) is 7.17. The molecule has 1 aromatic carbocycles. The number of carbonyl (C=O) groups excluding carboxylic acids is 2. The van der Waals surface area contributed by atoms with Crippen LogP contribution < -0.4 is 5.43 Å². The molecule has 0 aliphatic carbocycles. The predicted molar refractivity (Wildman–Crippen MR) is 91.6 cm³/mol. The number of amides is 1. The normalized spacial score (nSPS) is 14.0. The fourth-order valence-electron chi connectivity index (χ4n) is 3.06. The van der Waals surface area contributed by atoms with Crippen LogP contribution in [0.1, 0.15) is 44.5 Å². The van der Waals surface area contributed by atoms with E-state index in [9.17, 15) is 14.4 Å². The Morgan fingerprint density at radius 1 is 1.08 bits per heavy atom. The molecule has 0 saturated carbocycles. The zero-order valence-electron chi connectivity index (χ0n) is 13.9. The van der Waals surface area contributed by atoms with Crippen molar-refractivity contribution in [2.75, 3.05) is 13.1 Å². The molecule has 0 bridgehead atoms. The van der Waals surface area contributed by atoms with Crippen molar-refractivity contribution in [3.05, 3.63) is 68.6 Å². The molecular weight excluding hydrogens is 304 g/mol. The Labute approximate surface area is 140 Å². The summed E-state index contributed by atoms with van der Waals surface area (Å²) in [6.07, 6.45) is 2.90. The molecule has 0 atom stereocenters. The average molecular weight is 324 g/mol. The van der Waals surface area contributed by atoms with Gasteiger partial charge in [-0.3, -0.25) is 14.4 Å². The first-order chi connectivity index (χ1) is 11.5. The molecular formula is C19H20N2O3. The number of aromatic amines is 1. The molecule has 5 heteroatoms. The van der Waals surface area contributed by atoms with Gasteiger partial charge in [0.05, 0.1) is 0 Å². The summed E-state index contributed by atoms with van der Waals surface area (Å²) in [4.78, 5) is 40.9. The van der Waals surface area contributed by atoms with Crippen molar-refractivity contribution in [1.82, 2.24) is 9.88 Å². The second kappa shape index (κ2) is 6.43. The summed E-state index contributed by atoms with van der Waals surface area (Å²) in [6.45, 7) is 4.45. The summed E-state index contributed by atoms with van der Waals surface area (Å²) in [5.74, 6) is -0.197. The summed E-state index contributed by atoms with van der Waals surface area (Å²) < 4.78 is 0. The van der Waals surface area contributed by atoms with Crippen LogP contribution >= 0.6 is 0 Å². The van der Waals surface area contributed by atoms with Crippen LogP contribution in [0.25, 0.3) is 0 Å². The van der Waals surface area contributed by atoms with Gasteiger partial charge in [-0.2, -0.15) is 0 Å². The van der Waals surface area contributed by atoms with E-state index in [2.05, 4.69) is 4.98 Å². The van der Waals surface area contributed by atoms with E-state index in [1.165, 1.54) is 12.3 Å². The Hall–Kier alpha value is -2.69. The van der Waals surface area contributed by atoms with Crippen molar-refractivity contribution in [3.63, 3.8) is 0 Å². The molecule has 1 amide bonds. The van der Waals surface area contributed by atoms with Crippen LogP contribution in [0.2, 0.25) is 0 Å². The first kappa shape index (κ1) is 16.2. The van der Waals surface area contributed by atoms with Crippen LogP contribution in [0.15, 0.2) is 35.3 Å². The minimum absolute atomic E-state index is 0.0427. The molecule has 124 valence electrons. The number of nitrogens with zero attached hydrogens (tertiary/aromatic N) is 1. The van der Waals surface area contributed by atoms with E-state index >= 15 is 0 Å². The number of fused-ring (bicyclic) bond motifs is 1. The lowest BCUT2D eigenvalue weighted by atomic mass is 9.99. The lowest BCUT2D eigenvalue weighted by molar-refractivity contribution is 0.0761. The minimum atomic E-state index is -0.253. The highest BCUT2D eigenvalue weighted by Crippen LogP contribution is 2.19. The quantitative estimate of drug-likeness (QED) is 0.860. The number of Topliss-reactive ketones (excluding diaryl/α,β-unsaturated/α-hetero) is 1. The third kappa shape index (κ3) is 3.15. The highest BCUT2D eigenvalue weighted by atomic mass is 16.2. The van der Waals surface area contributed by atoms with Gasteiger partial charge in [-0.05, 0) is 43.9 Å². The number of carbonyl (C=O) groups is 2. The van der Waals surface area contributed by atoms with Gasteiger partial charge in [0.25, 0.3) is 5.91 Å². The topological polar surface area (TPSA) is 70.2 Å².